The van der Waals surface area contributed by atoms with Crippen LogP contribution in [0.5, 0.6) is 0 Å². The van der Waals surface area contributed by atoms with Crippen molar-refractivity contribution in [2.45, 2.75) is 27.2 Å². The smallest absolute Gasteiger partial charge is 0.0411 e. The summed E-state index contributed by atoms with van der Waals surface area (Å²) >= 11 is 0. The van der Waals surface area contributed by atoms with Gasteiger partial charge in [-0.3, -0.25) is 0 Å². The van der Waals surface area contributed by atoms with E-state index in [9.17, 15) is 0 Å². The summed E-state index contributed by atoms with van der Waals surface area (Å²) in [5, 5.41) is 3.17. The molecule has 0 aromatic heterocycles. The van der Waals surface area contributed by atoms with E-state index in [0.717, 1.165) is 12.1 Å². The molecule has 82 valence electrons. The molecule has 0 amide bonds. The van der Waals surface area contributed by atoms with Crippen LogP contribution in [0, 0.1) is 5.41 Å². The molecule has 0 atom stereocenters. The normalized spacial score (nSPS) is 11.2. The van der Waals surface area contributed by atoms with Crippen molar-refractivity contribution >= 4 is 11.8 Å². The van der Waals surface area contributed by atoms with E-state index in [0.29, 0.717) is 5.41 Å². The molecule has 1 rings (SSSR count). The van der Waals surface area contributed by atoms with Gasteiger partial charge in [0.1, 0.15) is 0 Å². The molecule has 0 bridgehead atoms. The standard InChI is InChI=1S/C14H21N/c1-6-12-9-11(10-14(2,3)4)7-8-13(12)15-5/h6-9,15H,1,10H2,2-5H3. The van der Waals surface area contributed by atoms with Gasteiger partial charge in [0.25, 0.3) is 0 Å². The molecule has 1 aromatic carbocycles. The lowest BCUT2D eigenvalue weighted by Gasteiger charge is -2.19. The number of anilines is 1. The fraction of sp³-hybridized carbons (Fsp3) is 0.429. The first-order valence-electron chi connectivity index (χ1n) is 5.39. The average molecular weight is 203 g/mol. The summed E-state index contributed by atoms with van der Waals surface area (Å²) in [6, 6.07) is 6.52. The molecule has 1 aromatic rings. The molecule has 0 aliphatic rings. The highest BCUT2D eigenvalue weighted by Gasteiger charge is 2.11. The maximum atomic E-state index is 3.84. The van der Waals surface area contributed by atoms with E-state index in [2.05, 4.69) is 50.9 Å². The second-order valence-corrected chi connectivity index (χ2v) is 5.11. The van der Waals surface area contributed by atoms with Crippen molar-refractivity contribution in [3.63, 3.8) is 0 Å². The molecular formula is C14H21N. The van der Waals surface area contributed by atoms with Gasteiger partial charge < -0.3 is 5.32 Å². The number of nitrogens with one attached hydrogen (secondary N) is 1. The Morgan fingerprint density at radius 1 is 1.33 bits per heavy atom. The van der Waals surface area contributed by atoms with E-state index in [-0.39, 0.29) is 0 Å². The molecule has 0 unspecified atom stereocenters. The van der Waals surface area contributed by atoms with Crippen molar-refractivity contribution in [3.8, 4) is 0 Å². The highest BCUT2D eigenvalue weighted by molar-refractivity contribution is 5.66. The van der Waals surface area contributed by atoms with Crippen molar-refractivity contribution in [1.82, 2.24) is 0 Å². The molecule has 0 saturated carbocycles. The Hall–Kier alpha value is -1.24. The topological polar surface area (TPSA) is 12.0 Å². The van der Waals surface area contributed by atoms with Gasteiger partial charge in [-0.2, -0.15) is 0 Å². The molecule has 0 spiro atoms. The minimum Gasteiger partial charge on any atom is -0.388 e. The summed E-state index contributed by atoms with van der Waals surface area (Å²) in [5.74, 6) is 0. The molecular weight excluding hydrogens is 182 g/mol. The van der Waals surface area contributed by atoms with Gasteiger partial charge in [-0.15, -0.1) is 0 Å². The van der Waals surface area contributed by atoms with Crippen LogP contribution >= 0.6 is 0 Å². The van der Waals surface area contributed by atoms with E-state index in [1.807, 2.05) is 13.1 Å². The molecule has 0 radical (unpaired) electrons. The van der Waals surface area contributed by atoms with E-state index in [1.165, 1.54) is 11.1 Å². The van der Waals surface area contributed by atoms with Crippen molar-refractivity contribution in [1.29, 1.82) is 0 Å². The molecule has 0 heterocycles. The average Bonchev–Trinajstić information content (AvgIpc) is 2.15. The fourth-order valence-electron chi connectivity index (χ4n) is 1.73. The van der Waals surface area contributed by atoms with Gasteiger partial charge in [0.05, 0.1) is 0 Å². The first kappa shape index (κ1) is 11.8. The van der Waals surface area contributed by atoms with Gasteiger partial charge in [0.2, 0.25) is 0 Å². The minimum absolute atomic E-state index is 0.333. The Morgan fingerprint density at radius 2 is 2.00 bits per heavy atom. The van der Waals surface area contributed by atoms with Gasteiger partial charge in [0.15, 0.2) is 0 Å². The van der Waals surface area contributed by atoms with E-state index in [1.54, 1.807) is 0 Å². The summed E-state index contributed by atoms with van der Waals surface area (Å²) in [6.45, 7) is 10.6. The maximum absolute atomic E-state index is 3.84. The zero-order valence-corrected chi connectivity index (χ0v) is 10.2. The first-order chi connectivity index (χ1) is 6.96. The van der Waals surface area contributed by atoms with Crippen molar-refractivity contribution in [2.24, 2.45) is 5.41 Å². The third-order valence-electron chi connectivity index (χ3n) is 2.34. The predicted octanol–water partition coefficient (Wildman–Crippen LogP) is 3.96. The third-order valence-corrected chi connectivity index (χ3v) is 2.34. The Morgan fingerprint density at radius 3 is 2.47 bits per heavy atom. The van der Waals surface area contributed by atoms with Crippen molar-refractivity contribution in [3.05, 3.63) is 35.9 Å². The largest absolute Gasteiger partial charge is 0.388 e. The fourth-order valence-corrected chi connectivity index (χ4v) is 1.73. The number of benzene rings is 1. The van der Waals surface area contributed by atoms with Crippen LogP contribution in [0.15, 0.2) is 24.8 Å². The quantitative estimate of drug-likeness (QED) is 0.784. The van der Waals surface area contributed by atoms with Crippen LogP contribution in [-0.4, -0.2) is 7.05 Å². The number of hydrogen-bond donors (Lipinski definition) is 1. The maximum Gasteiger partial charge on any atom is 0.0411 e. The van der Waals surface area contributed by atoms with Crippen molar-refractivity contribution < 1.29 is 0 Å². The van der Waals surface area contributed by atoms with Crippen LogP contribution in [0.4, 0.5) is 5.69 Å². The van der Waals surface area contributed by atoms with Crippen LogP contribution in [0.3, 0.4) is 0 Å². The number of hydrogen-bond acceptors (Lipinski definition) is 1. The Kier molecular flexibility index (Phi) is 3.57. The Bertz CT molecular complexity index is 345. The molecule has 1 N–H and O–H groups in total. The Labute approximate surface area is 93.2 Å². The van der Waals surface area contributed by atoms with E-state index >= 15 is 0 Å². The SMILES string of the molecule is C=Cc1cc(CC(C)(C)C)ccc1NC. The zero-order chi connectivity index (χ0) is 11.5. The summed E-state index contributed by atoms with van der Waals surface area (Å²) in [4.78, 5) is 0. The van der Waals surface area contributed by atoms with Crippen LogP contribution in [0.25, 0.3) is 6.08 Å². The highest BCUT2D eigenvalue weighted by atomic mass is 14.8. The zero-order valence-electron chi connectivity index (χ0n) is 10.2. The van der Waals surface area contributed by atoms with Gasteiger partial charge in [-0.1, -0.05) is 39.5 Å². The van der Waals surface area contributed by atoms with Crippen LogP contribution in [0.2, 0.25) is 0 Å². The highest BCUT2D eigenvalue weighted by Crippen LogP contribution is 2.24. The van der Waals surface area contributed by atoms with Crippen LogP contribution < -0.4 is 5.32 Å². The van der Waals surface area contributed by atoms with Crippen LogP contribution in [-0.2, 0) is 6.42 Å². The molecule has 0 aliphatic carbocycles. The molecule has 1 heteroatoms. The minimum atomic E-state index is 0.333. The molecule has 0 saturated heterocycles. The lowest BCUT2D eigenvalue weighted by atomic mass is 9.87. The summed E-state index contributed by atoms with van der Waals surface area (Å²) < 4.78 is 0. The molecule has 15 heavy (non-hydrogen) atoms. The molecule has 0 fully saturated rings. The monoisotopic (exact) mass is 203 g/mol. The van der Waals surface area contributed by atoms with Crippen molar-refractivity contribution in [2.75, 3.05) is 12.4 Å². The van der Waals surface area contributed by atoms with Gasteiger partial charge in [-0.05, 0) is 35.1 Å². The second-order valence-electron chi connectivity index (χ2n) is 5.11. The lowest BCUT2D eigenvalue weighted by molar-refractivity contribution is 0.411. The van der Waals surface area contributed by atoms with E-state index in [4.69, 9.17) is 0 Å². The van der Waals surface area contributed by atoms with E-state index < -0.39 is 0 Å². The van der Waals surface area contributed by atoms with Gasteiger partial charge in [0, 0.05) is 12.7 Å². The summed E-state index contributed by atoms with van der Waals surface area (Å²) in [7, 11) is 1.94. The van der Waals surface area contributed by atoms with Gasteiger partial charge in [-0.25, -0.2) is 0 Å². The van der Waals surface area contributed by atoms with Crippen LogP contribution in [0.1, 0.15) is 31.9 Å². The van der Waals surface area contributed by atoms with Gasteiger partial charge >= 0.3 is 0 Å². The predicted molar refractivity (Wildman–Crippen MR) is 69.2 cm³/mol. The Balaban J connectivity index is 2.98. The summed E-state index contributed by atoms with van der Waals surface area (Å²) in [6.07, 6.45) is 3.00. The first-order valence-corrected chi connectivity index (χ1v) is 5.39. The second kappa shape index (κ2) is 4.52. The summed E-state index contributed by atoms with van der Waals surface area (Å²) in [5.41, 5.74) is 4.03. The third kappa shape index (κ3) is 3.43. The molecule has 0 aliphatic heterocycles. The molecule has 1 nitrogen and oxygen atoms in total. The lowest BCUT2D eigenvalue weighted by Crippen LogP contribution is -2.09. The number of rotatable bonds is 3.